The largest absolute Gasteiger partial charge is 0.370 e. The van der Waals surface area contributed by atoms with Gasteiger partial charge in [0.1, 0.15) is 6.10 Å². The summed E-state index contributed by atoms with van der Waals surface area (Å²) < 4.78 is 5.00. The molecule has 1 aromatic carbocycles. The minimum atomic E-state index is -0.613. The number of halogens is 2. The summed E-state index contributed by atoms with van der Waals surface area (Å²) in [5.74, 6) is -0.202. The van der Waals surface area contributed by atoms with Gasteiger partial charge in [0.05, 0.1) is 6.04 Å². The molecule has 6 heteroatoms. The topological polar surface area (TPSA) is 64.4 Å². The molecule has 2 unspecified atom stereocenters. The molecule has 108 valence electrons. The number of hydrogen-bond acceptors (Lipinski definition) is 3. The summed E-state index contributed by atoms with van der Waals surface area (Å²) in [4.78, 5) is 11.9. The van der Waals surface area contributed by atoms with Crippen LogP contribution in [-0.2, 0) is 9.53 Å². The molecule has 0 saturated carbocycles. The van der Waals surface area contributed by atoms with Gasteiger partial charge in [-0.05, 0) is 24.1 Å². The molecule has 0 fully saturated rings. The smallest absolute Gasteiger partial charge is 0.250 e. The first kappa shape index (κ1) is 18.2. The van der Waals surface area contributed by atoms with Gasteiger partial charge < -0.3 is 15.8 Å². The van der Waals surface area contributed by atoms with Crippen LogP contribution in [0.1, 0.15) is 24.9 Å². The van der Waals surface area contributed by atoms with Crippen molar-refractivity contribution >= 4 is 29.9 Å². The summed E-state index contributed by atoms with van der Waals surface area (Å²) in [7, 11) is 1.47. The van der Waals surface area contributed by atoms with Gasteiger partial charge in [0.15, 0.2) is 0 Å². The Labute approximate surface area is 125 Å². The number of hydrogen-bond donors (Lipinski definition) is 2. The van der Waals surface area contributed by atoms with Gasteiger partial charge in [0.25, 0.3) is 5.91 Å². The SMILES string of the molecule is CCC(NC(=O)C(CN)OC)c1cccc(Cl)c1.Cl. The second-order valence-electron chi connectivity index (χ2n) is 3.98. The van der Waals surface area contributed by atoms with E-state index in [-0.39, 0.29) is 30.9 Å². The number of nitrogens with one attached hydrogen (secondary N) is 1. The van der Waals surface area contributed by atoms with E-state index in [0.717, 1.165) is 12.0 Å². The quantitative estimate of drug-likeness (QED) is 0.847. The van der Waals surface area contributed by atoms with Crippen molar-refractivity contribution in [3.05, 3.63) is 34.9 Å². The number of benzene rings is 1. The third kappa shape index (κ3) is 5.37. The molecule has 0 aliphatic carbocycles. The highest BCUT2D eigenvalue weighted by atomic mass is 35.5. The van der Waals surface area contributed by atoms with Gasteiger partial charge in [-0.15, -0.1) is 12.4 Å². The van der Waals surface area contributed by atoms with E-state index >= 15 is 0 Å². The molecule has 0 heterocycles. The minimum Gasteiger partial charge on any atom is -0.370 e. The molecule has 0 aliphatic heterocycles. The predicted octanol–water partition coefficient (Wildman–Crippen LogP) is 2.30. The lowest BCUT2D eigenvalue weighted by Crippen LogP contribution is -2.42. The molecule has 0 bridgehead atoms. The van der Waals surface area contributed by atoms with Gasteiger partial charge in [0, 0.05) is 18.7 Å². The van der Waals surface area contributed by atoms with E-state index in [2.05, 4.69) is 5.32 Å². The second kappa shape index (κ2) is 9.15. The lowest BCUT2D eigenvalue weighted by molar-refractivity contribution is -0.131. The molecule has 19 heavy (non-hydrogen) atoms. The van der Waals surface area contributed by atoms with Crippen LogP contribution in [0.15, 0.2) is 24.3 Å². The van der Waals surface area contributed by atoms with Gasteiger partial charge in [-0.3, -0.25) is 4.79 Å². The Morgan fingerprint density at radius 2 is 2.21 bits per heavy atom. The van der Waals surface area contributed by atoms with Gasteiger partial charge in [-0.2, -0.15) is 0 Å². The fourth-order valence-electron chi connectivity index (χ4n) is 1.72. The molecule has 0 radical (unpaired) electrons. The lowest BCUT2D eigenvalue weighted by atomic mass is 10.0. The van der Waals surface area contributed by atoms with E-state index in [9.17, 15) is 4.79 Å². The number of rotatable bonds is 6. The van der Waals surface area contributed by atoms with E-state index < -0.39 is 6.10 Å². The molecule has 2 atom stereocenters. The lowest BCUT2D eigenvalue weighted by Gasteiger charge is -2.20. The van der Waals surface area contributed by atoms with E-state index in [1.54, 1.807) is 6.07 Å². The second-order valence-corrected chi connectivity index (χ2v) is 4.42. The van der Waals surface area contributed by atoms with Crippen molar-refractivity contribution in [3.8, 4) is 0 Å². The average molecular weight is 307 g/mol. The number of nitrogens with two attached hydrogens (primary N) is 1. The van der Waals surface area contributed by atoms with E-state index in [1.807, 2.05) is 25.1 Å². The molecular formula is C13H20Cl2N2O2. The molecule has 1 aromatic rings. The van der Waals surface area contributed by atoms with Crippen LogP contribution in [0.25, 0.3) is 0 Å². The number of amides is 1. The first-order chi connectivity index (χ1) is 8.62. The molecule has 4 nitrogen and oxygen atoms in total. The Hall–Kier alpha value is -0.810. The standard InChI is InChI=1S/C13H19ClN2O2.ClH/c1-3-11(9-5-4-6-10(14)7-9)16-13(17)12(8-15)18-2;/h4-7,11-12H,3,8,15H2,1-2H3,(H,16,17);1H. The zero-order valence-corrected chi connectivity index (χ0v) is 12.6. The van der Waals surface area contributed by atoms with Crippen molar-refractivity contribution < 1.29 is 9.53 Å². The molecular weight excluding hydrogens is 287 g/mol. The van der Waals surface area contributed by atoms with E-state index in [0.29, 0.717) is 5.02 Å². The zero-order valence-electron chi connectivity index (χ0n) is 11.1. The fraction of sp³-hybridized carbons (Fsp3) is 0.462. The molecule has 1 amide bonds. The van der Waals surface area contributed by atoms with Crippen molar-refractivity contribution in [2.75, 3.05) is 13.7 Å². The van der Waals surface area contributed by atoms with Crippen LogP contribution in [0, 0.1) is 0 Å². The maximum absolute atomic E-state index is 11.9. The normalized spacial score (nSPS) is 13.3. The number of methoxy groups -OCH3 is 1. The third-order valence-electron chi connectivity index (χ3n) is 2.77. The van der Waals surface area contributed by atoms with Gasteiger partial charge in [-0.1, -0.05) is 30.7 Å². The maximum Gasteiger partial charge on any atom is 0.250 e. The summed E-state index contributed by atoms with van der Waals surface area (Å²) in [5.41, 5.74) is 6.43. The van der Waals surface area contributed by atoms with Crippen LogP contribution in [-0.4, -0.2) is 25.7 Å². The van der Waals surface area contributed by atoms with Crippen LogP contribution >= 0.6 is 24.0 Å². The van der Waals surface area contributed by atoms with Crippen molar-refractivity contribution in [2.24, 2.45) is 5.73 Å². The minimum absolute atomic E-state index is 0. The van der Waals surface area contributed by atoms with E-state index in [1.165, 1.54) is 7.11 Å². The van der Waals surface area contributed by atoms with Crippen LogP contribution in [0.4, 0.5) is 0 Å². The summed E-state index contributed by atoms with van der Waals surface area (Å²) >= 11 is 5.94. The first-order valence-electron chi connectivity index (χ1n) is 5.91. The van der Waals surface area contributed by atoms with Crippen molar-refractivity contribution in [1.82, 2.24) is 5.32 Å². The van der Waals surface area contributed by atoms with Gasteiger partial charge >= 0.3 is 0 Å². The molecule has 0 aliphatic rings. The summed E-state index contributed by atoms with van der Waals surface area (Å²) in [5, 5.41) is 3.56. The van der Waals surface area contributed by atoms with Crippen LogP contribution in [0.5, 0.6) is 0 Å². The highest BCUT2D eigenvalue weighted by molar-refractivity contribution is 6.30. The Bertz CT molecular complexity index is 398. The highest BCUT2D eigenvalue weighted by Gasteiger charge is 2.19. The molecule has 0 aromatic heterocycles. The monoisotopic (exact) mass is 306 g/mol. The number of ether oxygens (including phenoxy) is 1. The number of carbonyl (C=O) groups excluding carboxylic acids is 1. The summed E-state index contributed by atoms with van der Waals surface area (Å²) in [6.07, 6.45) is 0.158. The predicted molar refractivity (Wildman–Crippen MR) is 79.7 cm³/mol. The molecule has 3 N–H and O–H groups in total. The van der Waals surface area contributed by atoms with Crippen LogP contribution in [0.3, 0.4) is 0 Å². The summed E-state index contributed by atoms with van der Waals surface area (Å²) in [6, 6.07) is 7.37. The van der Waals surface area contributed by atoms with Crippen molar-refractivity contribution in [2.45, 2.75) is 25.5 Å². The highest BCUT2D eigenvalue weighted by Crippen LogP contribution is 2.20. The van der Waals surface area contributed by atoms with Crippen molar-refractivity contribution in [3.63, 3.8) is 0 Å². The Kier molecular flexibility index (Phi) is 8.76. The Morgan fingerprint density at radius 1 is 1.53 bits per heavy atom. The molecule has 0 spiro atoms. The van der Waals surface area contributed by atoms with E-state index in [4.69, 9.17) is 22.1 Å². The third-order valence-corrected chi connectivity index (χ3v) is 3.00. The van der Waals surface area contributed by atoms with Crippen LogP contribution < -0.4 is 11.1 Å². The average Bonchev–Trinajstić information content (AvgIpc) is 2.37. The van der Waals surface area contributed by atoms with Crippen LogP contribution in [0.2, 0.25) is 5.02 Å². The van der Waals surface area contributed by atoms with Crippen molar-refractivity contribution in [1.29, 1.82) is 0 Å². The van der Waals surface area contributed by atoms with Gasteiger partial charge in [0.2, 0.25) is 0 Å². The fourth-order valence-corrected chi connectivity index (χ4v) is 1.92. The maximum atomic E-state index is 11.9. The number of carbonyl (C=O) groups is 1. The van der Waals surface area contributed by atoms with Gasteiger partial charge in [-0.25, -0.2) is 0 Å². The first-order valence-corrected chi connectivity index (χ1v) is 6.28. The molecule has 1 rings (SSSR count). The Balaban J connectivity index is 0.00000324. The Morgan fingerprint density at radius 3 is 2.68 bits per heavy atom. The zero-order chi connectivity index (χ0) is 13.5. The molecule has 0 saturated heterocycles. The summed E-state index contributed by atoms with van der Waals surface area (Å²) in [6.45, 7) is 2.16.